The van der Waals surface area contributed by atoms with Gasteiger partial charge in [-0.1, -0.05) is 13.8 Å². The van der Waals surface area contributed by atoms with Crippen LogP contribution in [0.5, 0.6) is 0 Å². The van der Waals surface area contributed by atoms with Gasteiger partial charge < -0.3 is 16.0 Å². The Kier molecular flexibility index (Phi) is 5.02. The molecular formula is C15H27N3O2. The van der Waals surface area contributed by atoms with E-state index in [1.54, 1.807) is 0 Å². The Morgan fingerprint density at radius 1 is 1.20 bits per heavy atom. The number of amides is 2. The van der Waals surface area contributed by atoms with Crippen molar-refractivity contribution in [3.8, 4) is 0 Å². The van der Waals surface area contributed by atoms with Crippen LogP contribution in [0.2, 0.25) is 0 Å². The minimum atomic E-state index is -0.416. The summed E-state index contributed by atoms with van der Waals surface area (Å²) in [4.78, 5) is 25.9. The SMILES string of the molecule is CC(C)CC(N)C(=O)NC1CCN(C(=O)C2CC2)CC1. The number of rotatable bonds is 5. The average Bonchev–Trinajstić information content (AvgIpc) is 3.22. The normalized spacial score (nSPS) is 21.9. The lowest BCUT2D eigenvalue weighted by Crippen LogP contribution is -2.51. The zero-order valence-corrected chi connectivity index (χ0v) is 12.6. The maximum atomic E-state index is 12.0. The Bertz CT molecular complexity index is 358. The number of hydrogen-bond donors (Lipinski definition) is 2. The fourth-order valence-electron chi connectivity index (χ4n) is 2.76. The number of nitrogens with two attached hydrogens (primary N) is 1. The third-order valence-electron chi connectivity index (χ3n) is 4.14. The molecule has 1 aliphatic carbocycles. The molecule has 0 spiro atoms. The molecule has 1 heterocycles. The van der Waals surface area contributed by atoms with Gasteiger partial charge >= 0.3 is 0 Å². The number of likely N-dealkylation sites (tertiary alicyclic amines) is 1. The second-order valence-electron chi connectivity index (χ2n) is 6.62. The van der Waals surface area contributed by atoms with Gasteiger partial charge in [-0.2, -0.15) is 0 Å². The van der Waals surface area contributed by atoms with Gasteiger partial charge in [0.25, 0.3) is 0 Å². The molecule has 0 aromatic rings. The minimum absolute atomic E-state index is 0.0503. The maximum Gasteiger partial charge on any atom is 0.237 e. The van der Waals surface area contributed by atoms with Gasteiger partial charge in [-0.15, -0.1) is 0 Å². The molecule has 0 bridgehead atoms. The van der Waals surface area contributed by atoms with Gasteiger partial charge in [0.1, 0.15) is 0 Å². The molecule has 2 fully saturated rings. The highest BCUT2D eigenvalue weighted by Crippen LogP contribution is 2.31. The molecule has 1 saturated carbocycles. The van der Waals surface area contributed by atoms with E-state index >= 15 is 0 Å². The number of nitrogens with zero attached hydrogens (tertiary/aromatic N) is 1. The standard InChI is InChI=1S/C15H27N3O2/c1-10(2)9-13(16)14(19)17-12-5-7-18(8-6-12)15(20)11-3-4-11/h10-13H,3-9,16H2,1-2H3,(H,17,19). The summed E-state index contributed by atoms with van der Waals surface area (Å²) in [5, 5.41) is 3.03. The molecule has 20 heavy (non-hydrogen) atoms. The highest BCUT2D eigenvalue weighted by atomic mass is 16.2. The third kappa shape index (κ3) is 4.20. The Morgan fingerprint density at radius 3 is 2.30 bits per heavy atom. The summed E-state index contributed by atoms with van der Waals surface area (Å²) in [6.45, 7) is 5.66. The Labute approximate surface area is 121 Å². The van der Waals surface area contributed by atoms with Crippen molar-refractivity contribution in [2.75, 3.05) is 13.1 Å². The van der Waals surface area contributed by atoms with Gasteiger partial charge in [0.05, 0.1) is 6.04 Å². The smallest absolute Gasteiger partial charge is 0.237 e. The molecule has 2 rings (SSSR count). The molecule has 114 valence electrons. The summed E-state index contributed by atoms with van der Waals surface area (Å²) in [7, 11) is 0. The van der Waals surface area contributed by atoms with E-state index in [0.717, 1.165) is 38.8 Å². The largest absolute Gasteiger partial charge is 0.352 e. The van der Waals surface area contributed by atoms with Crippen LogP contribution in [0.3, 0.4) is 0 Å². The van der Waals surface area contributed by atoms with Crippen molar-refractivity contribution in [1.29, 1.82) is 0 Å². The summed E-state index contributed by atoms with van der Waals surface area (Å²) in [6, 6.07) is -0.245. The summed E-state index contributed by atoms with van der Waals surface area (Å²) in [5.74, 6) is 0.978. The summed E-state index contributed by atoms with van der Waals surface area (Å²) in [5.41, 5.74) is 5.88. The van der Waals surface area contributed by atoms with Gasteiger partial charge in [-0.25, -0.2) is 0 Å². The number of nitrogens with one attached hydrogen (secondary N) is 1. The van der Waals surface area contributed by atoms with Crippen molar-refractivity contribution in [1.82, 2.24) is 10.2 Å². The summed E-state index contributed by atoms with van der Waals surface area (Å²) in [6.07, 6.45) is 4.52. The predicted molar refractivity (Wildman–Crippen MR) is 77.9 cm³/mol. The average molecular weight is 281 g/mol. The van der Waals surface area contributed by atoms with E-state index in [4.69, 9.17) is 5.73 Å². The maximum absolute atomic E-state index is 12.0. The third-order valence-corrected chi connectivity index (χ3v) is 4.14. The van der Waals surface area contributed by atoms with Crippen LogP contribution in [0.15, 0.2) is 0 Å². The molecule has 0 aromatic heterocycles. The van der Waals surface area contributed by atoms with Crippen molar-refractivity contribution < 1.29 is 9.59 Å². The fourth-order valence-corrected chi connectivity index (χ4v) is 2.76. The lowest BCUT2D eigenvalue weighted by atomic mass is 10.0. The van der Waals surface area contributed by atoms with Gasteiger partial charge in [0.15, 0.2) is 0 Å². The highest BCUT2D eigenvalue weighted by molar-refractivity contribution is 5.82. The number of carbonyl (C=O) groups is 2. The first-order valence-corrected chi connectivity index (χ1v) is 7.82. The van der Waals surface area contributed by atoms with Crippen molar-refractivity contribution in [3.63, 3.8) is 0 Å². The molecule has 5 nitrogen and oxygen atoms in total. The van der Waals surface area contributed by atoms with E-state index < -0.39 is 6.04 Å². The molecule has 1 unspecified atom stereocenters. The van der Waals surface area contributed by atoms with Gasteiger partial charge in [-0.05, 0) is 38.0 Å². The first-order chi connectivity index (χ1) is 9.47. The zero-order valence-electron chi connectivity index (χ0n) is 12.6. The van der Waals surface area contributed by atoms with Gasteiger partial charge in [0.2, 0.25) is 11.8 Å². The molecule has 0 aromatic carbocycles. The number of hydrogen-bond acceptors (Lipinski definition) is 3. The Hall–Kier alpha value is -1.10. The van der Waals surface area contributed by atoms with Crippen molar-refractivity contribution in [3.05, 3.63) is 0 Å². The van der Waals surface area contributed by atoms with E-state index in [-0.39, 0.29) is 11.9 Å². The molecule has 3 N–H and O–H groups in total. The summed E-state index contributed by atoms with van der Waals surface area (Å²) < 4.78 is 0. The van der Waals surface area contributed by atoms with E-state index in [0.29, 0.717) is 24.2 Å². The summed E-state index contributed by atoms with van der Waals surface area (Å²) >= 11 is 0. The zero-order chi connectivity index (χ0) is 14.7. The molecule has 5 heteroatoms. The van der Waals surface area contributed by atoms with Crippen LogP contribution in [0.1, 0.15) is 46.0 Å². The van der Waals surface area contributed by atoms with Crippen LogP contribution < -0.4 is 11.1 Å². The monoisotopic (exact) mass is 281 g/mol. The molecule has 2 amide bonds. The van der Waals surface area contributed by atoms with Crippen LogP contribution in [-0.4, -0.2) is 41.9 Å². The van der Waals surface area contributed by atoms with Gasteiger partial charge in [-0.3, -0.25) is 9.59 Å². The lowest BCUT2D eigenvalue weighted by Gasteiger charge is -2.33. The predicted octanol–water partition coefficient (Wildman–Crippen LogP) is 0.877. The van der Waals surface area contributed by atoms with Crippen LogP contribution in [0, 0.1) is 11.8 Å². The molecule has 1 saturated heterocycles. The first-order valence-electron chi connectivity index (χ1n) is 7.82. The van der Waals surface area contributed by atoms with Crippen molar-refractivity contribution in [2.24, 2.45) is 17.6 Å². The van der Waals surface area contributed by atoms with Crippen LogP contribution in [0.4, 0.5) is 0 Å². The van der Waals surface area contributed by atoms with E-state index in [1.165, 1.54) is 0 Å². The molecular weight excluding hydrogens is 254 g/mol. The second kappa shape index (κ2) is 6.57. The van der Waals surface area contributed by atoms with E-state index in [2.05, 4.69) is 19.2 Å². The molecule has 0 radical (unpaired) electrons. The van der Waals surface area contributed by atoms with Gasteiger partial charge in [0, 0.05) is 25.0 Å². The Balaban J connectivity index is 1.70. The Morgan fingerprint density at radius 2 is 1.80 bits per heavy atom. The van der Waals surface area contributed by atoms with Crippen LogP contribution >= 0.6 is 0 Å². The van der Waals surface area contributed by atoms with Crippen LogP contribution in [-0.2, 0) is 9.59 Å². The minimum Gasteiger partial charge on any atom is -0.352 e. The van der Waals surface area contributed by atoms with Crippen LogP contribution in [0.25, 0.3) is 0 Å². The molecule has 1 aliphatic heterocycles. The topological polar surface area (TPSA) is 75.4 Å². The fraction of sp³-hybridized carbons (Fsp3) is 0.867. The van der Waals surface area contributed by atoms with Crippen molar-refractivity contribution >= 4 is 11.8 Å². The number of carbonyl (C=O) groups excluding carboxylic acids is 2. The van der Waals surface area contributed by atoms with Crippen molar-refractivity contribution in [2.45, 2.75) is 58.0 Å². The second-order valence-corrected chi connectivity index (χ2v) is 6.62. The molecule has 2 aliphatic rings. The molecule has 1 atom stereocenters. The number of piperidine rings is 1. The van der Waals surface area contributed by atoms with E-state index in [1.807, 2.05) is 4.90 Å². The highest BCUT2D eigenvalue weighted by Gasteiger charge is 2.35. The quantitative estimate of drug-likeness (QED) is 0.785. The first kappa shape index (κ1) is 15.3. The lowest BCUT2D eigenvalue weighted by molar-refractivity contribution is -0.133. The van der Waals surface area contributed by atoms with E-state index in [9.17, 15) is 9.59 Å².